The molecule has 1 N–H and O–H groups in total. The van der Waals surface area contributed by atoms with Crippen LogP contribution in [0.5, 0.6) is 0 Å². The number of nitrogens with zero attached hydrogens (tertiary/aromatic N) is 2. The third-order valence-electron chi connectivity index (χ3n) is 2.24. The zero-order chi connectivity index (χ0) is 12.4. The first kappa shape index (κ1) is 12.1. The summed E-state index contributed by atoms with van der Waals surface area (Å²) in [4.78, 5) is 8.47. The monoisotopic (exact) mass is 296 g/mol. The van der Waals surface area contributed by atoms with Crippen molar-refractivity contribution in [3.05, 3.63) is 45.9 Å². The number of hydrogen-bond donors (Lipinski definition) is 1. The molecule has 0 aliphatic rings. The number of benzene rings is 1. The molecule has 1 aromatic carbocycles. The number of rotatable bonds is 2. The number of aliphatic hydroxyl groups excluding tert-OH is 1. The molecule has 0 spiro atoms. The van der Waals surface area contributed by atoms with Crippen LogP contribution in [0.15, 0.2) is 28.7 Å². The Hall–Kier alpha value is -1.33. The molecule has 0 unspecified atom stereocenters. The average Bonchev–Trinajstić information content (AvgIpc) is 2.28. The standard InChI is InChI=1S/C12H10BrFN2O/c1-7-4-9(6-17)16-12(15-7)10-3-2-8(14)5-11(10)13/h2-5,17H,6H2,1H3. The summed E-state index contributed by atoms with van der Waals surface area (Å²) >= 11 is 3.27. The van der Waals surface area contributed by atoms with Gasteiger partial charge in [-0.25, -0.2) is 14.4 Å². The molecule has 88 valence electrons. The van der Waals surface area contributed by atoms with E-state index in [2.05, 4.69) is 25.9 Å². The van der Waals surface area contributed by atoms with E-state index >= 15 is 0 Å². The summed E-state index contributed by atoms with van der Waals surface area (Å²) in [6, 6.07) is 6.03. The molecule has 1 heterocycles. The number of halogens is 2. The van der Waals surface area contributed by atoms with Gasteiger partial charge in [0.05, 0.1) is 12.3 Å². The molecule has 0 saturated carbocycles. The van der Waals surface area contributed by atoms with Crippen molar-refractivity contribution in [2.45, 2.75) is 13.5 Å². The van der Waals surface area contributed by atoms with Gasteiger partial charge in [-0.15, -0.1) is 0 Å². The van der Waals surface area contributed by atoms with Gasteiger partial charge >= 0.3 is 0 Å². The molecule has 17 heavy (non-hydrogen) atoms. The van der Waals surface area contributed by atoms with Crippen LogP contribution in [-0.2, 0) is 6.61 Å². The van der Waals surface area contributed by atoms with Crippen molar-refractivity contribution < 1.29 is 9.50 Å². The van der Waals surface area contributed by atoms with E-state index in [-0.39, 0.29) is 12.4 Å². The molecular formula is C12H10BrFN2O. The minimum atomic E-state index is -0.323. The molecule has 2 rings (SSSR count). The van der Waals surface area contributed by atoms with Crippen molar-refractivity contribution in [2.75, 3.05) is 0 Å². The van der Waals surface area contributed by atoms with Gasteiger partial charge in [0.25, 0.3) is 0 Å². The number of aliphatic hydroxyl groups is 1. The lowest BCUT2D eigenvalue weighted by Crippen LogP contribution is -1.98. The van der Waals surface area contributed by atoms with E-state index in [0.29, 0.717) is 21.6 Å². The minimum absolute atomic E-state index is 0.144. The van der Waals surface area contributed by atoms with Gasteiger partial charge in [-0.2, -0.15) is 0 Å². The molecule has 0 radical (unpaired) electrons. The molecule has 0 fully saturated rings. The molecule has 1 aromatic heterocycles. The maximum atomic E-state index is 13.0. The smallest absolute Gasteiger partial charge is 0.160 e. The Morgan fingerprint density at radius 3 is 2.71 bits per heavy atom. The summed E-state index contributed by atoms with van der Waals surface area (Å²) in [5, 5.41) is 9.08. The van der Waals surface area contributed by atoms with Gasteiger partial charge in [-0.05, 0) is 47.1 Å². The van der Waals surface area contributed by atoms with Gasteiger partial charge in [0.1, 0.15) is 5.82 Å². The highest BCUT2D eigenvalue weighted by Crippen LogP contribution is 2.26. The molecule has 0 aliphatic carbocycles. The Labute approximate surface area is 106 Å². The van der Waals surface area contributed by atoms with Crippen molar-refractivity contribution in [3.63, 3.8) is 0 Å². The SMILES string of the molecule is Cc1cc(CO)nc(-c2ccc(F)cc2Br)n1. The van der Waals surface area contributed by atoms with Crippen molar-refractivity contribution in [2.24, 2.45) is 0 Å². The van der Waals surface area contributed by atoms with E-state index in [1.165, 1.54) is 12.1 Å². The molecule has 2 aromatic rings. The molecule has 5 heteroatoms. The van der Waals surface area contributed by atoms with Gasteiger partial charge in [0.2, 0.25) is 0 Å². The summed E-state index contributed by atoms with van der Waals surface area (Å²) in [6.45, 7) is 1.68. The van der Waals surface area contributed by atoms with Gasteiger partial charge in [-0.1, -0.05) is 0 Å². The lowest BCUT2D eigenvalue weighted by Gasteiger charge is -2.06. The van der Waals surface area contributed by atoms with Crippen LogP contribution in [-0.4, -0.2) is 15.1 Å². The van der Waals surface area contributed by atoms with Crippen molar-refractivity contribution in [3.8, 4) is 11.4 Å². The van der Waals surface area contributed by atoms with E-state index in [9.17, 15) is 4.39 Å². The first-order chi connectivity index (χ1) is 8.10. The van der Waals surface area contributed by atoms with Gasteiger partial charge < -0.3 is 5.11 Å². The second-order valence-corrected chi connectivity index (χ2v) is 4.46. The first-order valence-electron chi connectivity index (χ1n) is 5.01. The van der Waals surface area contributed by atoms with Gasteiger partial charge in [0.15, 0.2) is 5.82 Å². The lowest BCUT2D eigenvalue weighted by atomic mass is 10.2. The number of aromatic nitrogens is 2. The van der Waals surface area contributed by atoms with Crippen LogP contribution >= 0.6 is 15.9 Å². The zero-order valence-electron chi connectivity index (χ0n) is 9.11. The second kappa shape index (κ2) is 4.89. The van der Waals surface area contributed by atoms with E-state index in [1.807, 2.05) is 6.92 Å². The fourth-order valence-corrected chi connectivity index (χ4v) is 2.03. The van der Waals surface area contributed by atoms with Crippen molar-refractivity contribution in [1.82, 2.24) is 9.97 Å². The summed E-state index contributed by atoms with van der Waals surface area (Å²) in [5.74, 6) is 0.150. The van der Waals surface area contributed by atoms with Crippen molar-refractivity contribution >= 4 is 15.9 Å². The highest BCUT2D eigenvalue weighted by atomic mass is 79.9. The predicted octanol–water partition coefficient (Wildman–Crippen LogP) is 2.85. The maximum Gasteiger partial charge on any atom is 0.160 e. The average molecular weight is 297 g/mol. The van der Waals surface area contributed by atoms with Crippen LogP contribution in [0.4, 0.5) is 4.39 Å². The fourth-order valence-electron chi connectivity index (χ4n) is 1.51. The molecule has 3 nitrogen and oxygen atoms in total. The Morgan fingerprint density at radius 2 is 2.06 bits per heavy atom. The van der Waals surface area contributed by atoms with Crippen LogP contribution in [0.2, 0.25) is 0 Å². The Morgan fingerprint density at radius 1 is 1.29 bits per heavy atom. The van der Waals surface area contributed by atoms with Crippen LogP contribution in [0.25, 0.3) is 11.4 Å². The molecule has 0 aliphatic heterocycles. The molecule has 0 atom stereocenters. The molecular weight excluding hydrogens is 287 g/mol. The van der Waals surface area contributed by atoms with E-state index < -0.39 is 0 Å². The third kappa shape index (κ3) is 2.68. The number of hydrogen-bond acceptors (Lipinski definition) is 3. The quantitative estimate of drug-likeness (QED) is 0.927. The number of aryl methyl sites for hydroxylation is 1. The Balaban J connectivity index is 2.55. The third-order valence-corrected chi connectivity index (χ3v) is 2.90. The van der Waals surface area contributed by atoms with Gasteiger partial charge in [-0.3, -0.25) is 0 Å². The summed E-state index contributed by atoms with van der Waals surface area (Å²) < 4.78 is 13.6. The van der Waals surface area contributed by atoms with E-state index in [1.54, 1.807) is 12.1 Å². The van der Waals surface area contributed by atoms with Crippen LogP contribution in [0.1, 0.15) is 11.4 Å². The van der Waals surface area contributed by atoms with E-state index in [4.69, 9.17) is 5.11 Å². The van der Waals surface area contributed by atoms with Crippen LogP contribution in [0.3, 0.4) is 0 Å². The zero-order valence-corrected chi connectivity index (χ0v) is 10.7. The summed E-state index contributed by atoms with van der Waals surface area (Å²) in [7, 11) is 0. The molecule has 0 saturated heterocycles. The van der Waals surface area contributed by atoms with Gasteiger partial charge in [0, 0.05) is 15.7 Å². The first-order valence-corrected chi connectivity index (χ1v) is 5.80. The fraction of sp³-hybridized carbons (Fsp3) is 0.167. The normalized spacial score (nSPS) is 10.6. The second-order valence-electron chi connectivity index (χ2n) is 3.61. The summed E-state index contributed by atoms with van der Waals surface area (Å²) in [5.41, 5.74) is 2.00. The van der Waals surface area contributed by atoms with Crippen LogP contribution < -0.4 is 0 Å². The highest BCUT2D eigenvalue weighted by molar-refractivity contribution is 9.10. The maximum absolute atomic E-state index is 13.0. The van der Waals surface area contributed by atoms with E-state index in [0.717, 1.165) is 5.69 Å². The largest absolute Gasteiger partial charge is 0.390 e. The minimum Gasteiger partial charge on any atom is -0.390 e. The Kier molecular flexibility index (Phi) is 3.49. The van der Waals surface area contributed by atoms with Crippen LogP contribution in [0, 0.1) is 12.7 Å². The molecule has 0 amide bonds. The van der Waals surface area contributed by atoms with Crippen molar-refractivity contribution in [1.29, 1.82) is 0 Å². The summed E-state index contributed by atoms with van der Waals surface area (Å²) in [6.07, 6.45) is 0. The topological polar surface area (TPSA) is 46.0 Å². The predicted molar refractivity (Wildman–Crippen MR) is 65.8 cm³/mol. The Bertz CT molecular complexity index is 560. The molecule has 0 bridgehead atoms. The highest BCUT2D eigenvalue weighted by Gasteiger charge is 2.09. The lowest BCUT2D eigenvalue weighted by molar-refractivity contribution is 0.276.